The molecule has 0 aromatic carbocycles. The molecule has 2 nitrogen and oxygen atoms in total. The third-order valence-electron chi connectivity index (χ3n) is 2.24. The molecule has 2 aliphatic heterocycles. The predicted molar refractivity (Wildman–Crippen MR) is 34.7 cm³/mol. The van der Waals surface area contributed by atoms with Crippen LogP contribution in [-0.2, 0) is 4.74 Å². The van der Waals surface area contributed by atoms with Gasteiger partial charge in [-0.05, 0) is 18.3 Å². The van der Waals surface area contributed by atoms with Crippen LogP contribution in [0.1, 0.15) is 6.42 Å². The zero-order valence-electron chi connectivity index (χ0n) is 5.47. The van der Waals surface area contributed by atoms with E-state index >= 15 is 0 Å². The van der Waals surface area contributed by atoms with Crippen molar-refractivity contribution < 1.29 is 4.74 Å². The molecule has 2 fully saturated rings. The first-order valence-electron chi connectivity index (χ1n) is 3.61. The lowest BCUT2D eigenvalue weighted by atomic mass is 9.92. The van der Waals surface area contributed by atoms with Gasteiger partial charge in [0.05, 0.1) is 6.61 Å². The Morgan fingerprint density at radius 1 is 1.56 bits per heavy atom. The van der Waals surface area contributed by atoms with Gasteiger partial charge in [0, 0.05) is 19.7 Å². The number of ether oxygens (including phenoxy) is 1. The van der Waals surface area contributed by atoms with E-state index in [0.717, 1.165) is 31.6 Å². The van der Waals surface area contributed by atoms with Crippen LogP contribution in [0.2, 0.25) is 0 Å². The second-order valence-electron chi connectivity index (χ2n) is 2.86. The van der Waals surface area contributed by atoms with Gasteiger partial charge in [-0.25, -0.2) is 0 Å². The molecule has 0 bridgehead atoms. The van der Waals surface area contributed by atoms with Crippen molar-refractivity contribution >= 4 is 0 Å². The lowest BCUT2D eigenvalue weighted by Gasteiger charge is -2.23. The van der Waals surface area contributed by atoms with Crippen LogP contribution < -0.4 is 5.32 Å². The van der Waals surface area contributed by atoms with Crippen molar-refractivity contribution in [3.63, 3.8) is 0 Å². The highest BCUT2D eigenvalue weighted by Crippen LogP contribution is 2.26. The average Bonchev–Trinajstić information content (AvgIpc) is 2.33. The summed E-state index contributed by atoms with van der Waals surface area (Å²) in [5.41, 5.74) is 0. The van der Waals surface area contributed by atoms with Crippen molar-refractivity contribution in [1.82, 2.24) is 5.32 Å². The monoisotopic (exact) mass is 126 g/mol. The molecular formula is C7H12NO. The largest absolute Gasteiger partial charge is 0.381 e. The smallest absolute Gasteiger partial charge is 0.0509 e. The molecule has 2 saturated heterocycles. The lowest BCUT2D eigenvalue weighted by Crippen LogP contribution is -2.24. The number of fused-ring (bicyclic) bond motifs is 1. The third kappa shape index (κ3) is 0.970. The molecule has 9 heavy (non-hydrogen) atoms. The zero-order chi connectivity index (χ0) is 6.10. The fraction of sp³-hybridized carbons (Fsp3) is 0.857. The van der Waals surface area contributed by atoms with E-state index in [1.54, 1.807) is 0 Å². The molecule has 0 saturated carbocycles. The molecule has 1 N–H and O–H groups in total. The minimum absolute atomic E-state index is 0.777. The van der Waals surface area contributed by atoms with Crippen LogP contribution in [0.3, 0.4) is 0 Å². The SMILES string of the molecule is [CH]1NCC2COCCC12. The third-order valence-corrected chi connectivity index (χ3v) is 2.24. The van der Waals surface area contributed by atoms with Crippen molar-refractivity contribution in [3.05, 3.63) is 6.54 Å². The maximum atomic E-state index is 5.32. The Morgan fingerprint density at radius 2 is 2.56 bits per heavy atom. The Kier molecular flexibility index (Phi) is 1.44. The summed E-state index contributed by atoms with van der Waals surface area (Å²) in [7, 11) is 0. The Hall–Kier alpha value is -0.0800. The Balaban J connectivity index is 1.97. The summed E-state index contributed by atoms with van der Waals surface area (Å²) in [5, 5.41) is 3.26. The van der Waals surface area contributed by atoms with E-state index in [2.05, 4.69) is 11.9 Å². The second kappa shape index (κ2) is 2.27. The summed E-state index contributed by atoms with van der Waals surface area (Å²) >= 11 is 0. The number of nitrogens with one attached hydrogen (secondary N) is 1. The van der Waals surface area contributed by atoms with Gasteiger partial charge in [-0.3, -0.25) is 0 Å². The maximum Gasteiger partial charge on any atom is 0.0509 e. The molecule has 2 aliphatic rings. The van der Waals surface area contributed by atoms with Crippen LogP contribution in [0.4, 0.5) is 0 Å². The van der Waals surface area contributed by atoms with Gasteiger partial charge >= 0.3 is 0 Å². The van der Waals surface area contributed by atoms with Gasteiger partial charge in [-0.2, -0.15) is 0 Å². The van der Waals surface area contributed by atoms with Gasteiger partial charge in [-0.1, -0.05) is 0 Å². The second-order valence-corrected chi connectivity index (χ2v) is 2.86. The zero-order valence-corrected chi connectivity index (χ0v) is 5.47. The summed E-state index contributed by atoms with van der Waals surface area (Å²) < 4.78 is 5.32. The number of hydrogen-bond donors (Lipinski definition) is 1. The van der Waals surface area contributed by atoms with E-state index in [4.69, 9.17) is 4.74 Å². The van der Waals surface area contributed by atoms with E-state index in [-0.39, 0.29) is 0 Å². The van der Waals surface area contributed by atoms with Crippen molar-refractivity contribution in [3.8, 4) is 0 Å². The van der Waals surface area contributed by atoms with E-state index in [9.17, 15) is 0 Å². The molecule has 51 valence electrons. The molecule has 0 aliphatic carbocycles. The minimum atomic E-state index is 0.777. The van der Waals surface area contributed by atoms with E-state index in [1.807, 2.05) is 0 Å². The normalized spacial score (nSPS) is 42.7. The van der Waals surface area contributed by atoms with Gasteiger partial charge in [0.15, 0.2) is 0 Å². The van der Waals surface area contributed by atoms with E-state index in [0.29, 0.717) is 0 Å². The molecule has 2 unspecified atom stereocenters. The predicted octanol–water partition coefficient (Wildman–Crippen LogP) is 0.404. The Morgan fingerprint density at radius 3 is 3.44 bits per heavy atom. The Bertz CT molecular complexity index is 93.1. The first-order valence-corrected chi connectivity index (χ1v) is 3.61. The van der Waals surface area contributed by atoms with Crippen molar-refractivity contribution in [1.29, 1.82) is 0 Å². The molecule has 2 rings (SSSR count). The van der Waals surface area contributed by atoms with Gasteiger partial charge < -0.3 is 10.1 Å². The highest BCUT2D eigenvalue weighted by atomic mass is 16.5. The highest BCUT2D eigenvalue weighted by Gasteiger charge is 2.29. The van der Waals surface area contributed by atoms with Gasteiger partial charge in [0.2, 0.25) is 0 Å². The van der Waals surface area contributed by atoms with Gasteiger partial charge in [0.1, 0.15) is 0 Å². The lowest BCUT2D eigenvalue weighted by molar-refractivity contribution is 0.0411. The minimum Gasteiger partial charge on any atom is -0.381 e. The van der Waals surface area contributed by atoms with Crippen LogP contribution in [0.5, 0.6) is 0 Å². The van der Waals surface area contributed by atoms with E-state index in [1.165, 1.54) is 6.42 Å². The summed E-state index contributed by atoms with van der Waals surface area (Å²) in [6.07, 6.45) is 1.22. The number of hydrogen-bond acceptors (Lipinski definition) is 2. The molecule has 2 atom stereocenters. The molecule has 0 aromatic heterocycles. The molecule has 2 heterocycles. The summed E-state index contributed by atoms with van der Waals surface area (Å²) in [4.78, 5) is 0. The van der Waals surface area contributed by atoms with Crippen molar-refractivity contribution in [2.24, 2.45) is 11.8 Å². The molecule has 1 radical (unpaired) electrons. The fourth-order valence-corrected chi connectivity index (χ4v) is 1.61. The van der Waals surface area contributed by atoms with Crippen molar-refractivity contribution in [2.75, 3.05) is 19.8 Å². The topological polar surface area (TPSA) is 21.3 Å². The average molecular weight is 126 g/mol. The fourth-order valence-electron chi connectivity index (χ4n) is 1.61. The van der Waals surface area contributed by atoms with Crippen LogP contribution in [0.25, 0.3) is 0 Å². The molecule has 0 amide bonds. The summed E-state index contributed by atoms with van der Waals surface area (Å²) in [6, 6.07) is 0. The molecular weight excluding hydrogens is 114 g/mol. The quantitative estimate of drug-likeness (QED) is 0.507. The van der Waals surface area contributed by atoms with Crippen LogP contribution in [0, 0.1) is 18.4 Å². The van der Waals surface area contributed by atoms with Crippen LogP contribution in [0.15, 0.2) is 0 Å². The standard InChI is InChI=1S/C7H12NO/c1-2-9-5-7-4-8-3-6(1)7/h3,6-8H,1-2,4-5H2. The maximum absolute atomic E-state index is 5.32. The van der Waals surface area contributed by atoms with Gasteiger partial charge in [-0.15, -0.1) is 0 Å². The molecule has 0 aromatic rings. The first kappa shape index (κ1) is 5.69. The first-order chi connectivity index (χ1) is 4.47. The van der Waals surface area contributed by atoms with Crippen LogP contribution in [-0.4, -0.2) is 19.8 Å². The molecule has 2 heteroatoms. The van der Waals surface area contributed by atoms with Crippen LogP contribution >= 0.6 is 0 Å². The summed E-state index contributed by atoms with van der Waals surface area (Å²) in [6.45, 7) is 5.28. The van der Waals surface area contributed by atoms with E-state index < -0.39 is 0 Å². The van der Waals surface area contributed by atoms with Crippen molar-refractivity contribution in [2.45, 2.75) is 6.42 Å². The highest BCUT2D eigenvalue weighted by molar-refractivity contribution is 4.90. The summed E-state index contributed by atoms with van der Waals surface area (Å²) in [5.74, 6) is 1.58. The number of rotatable bonds is 0. The Labute approximate surface area is 55.6 Å². The molecule has 0 spiro atoms. The van der Waals surface area contributed by atoms with Gasteiger partial charge in [0.25, 0.3) is 0 Å².